The Morgan fingerprint density at radius 3 is 2.38 bits per heavy atom. The molecule has 3 N–H and O–H groups in total. The van der Waals surface area contributed by atoms with E-state index in [0.717, 1.165) is 27.9 Å². The van der Waals surface area contributed by atoms with Crippen LogP contribution in [0, 0.1) is 0 Å². The van der Waals surface area contributed by atoms with Crippen molar-refractivity contribution in [1.82, 2.24) is 5.32 Å². The van der Waals surface area contributed by atoms with Gasteiger partial charge in [-0.15, -0.1) is 0 Å². The van der Waals surface area contributed by atoms with Crippen LogP contribution in [0.25, 0.3) is 11.1 Å². The molecule has 0 spiro atoms. The van der Waals surface area contributed by atoms with E-state index in [-0.39, 0.29) is 24.6 Å². The molecule has 1 aliphatic rings. The molecule has 6 heteroatoms. The summed E-state index contributed by atoms with van der Waals surface area (Å²) in [6.07, 6.45) is -0.562. The average Bonchev–Trinajstić information content (AvgIpc) is 2.60. The molecule has 1 aliphatic heterocycles. The molecule has 2 aromatic carbocycles. The minimum absolute atomic E-state index is 0.0134. The zero-order valence-corrected chi connectivity index (χ0v) is 14.8. The number of carbonyl (C=O) groups excluding carboxylic acids is 1. The zero-order chi connectivity index (χ0) is 18.8. The summed E-state index contributed by atoms with van der Waals surface area (Å²) in [6.45, 7) is 3.43. The van der Waals surface area contributed by atoms with E-state index in [9.17, 15) is 19.8 Å². The smallest absolute Gasteiger partial charge is 0.405 e. The maximum absolute atomic E-state index is 12.1. The van der Waals surface area contributed by atoms with Crippen LogP contribution in [0.1, 0.15) is 37.4 Å². The van der Waals surface area contributed by atoms with E-state index < -0.39 is 6.09 Å². The quantitative estimate of drug-likeness (QED) is 0.789. The fourth-order valence-electron chi connectivity index (χ4n) is 3.61. The molecule has 0 radical (unpaired) electrons. The minimum Gasteiger partial charge on any atom is -0.465 e. The number of amides is 2. The molecule has 6 nitrogen and oxygen atoms in total. The fourth-order valence-corrected chi connectivity index (χ4v) is 3.61. The molecular formula is C20H22N2O4. The molecule has 0 saturated heterocycles. The van der Waals surface area contributed by atoms with E-state index in [0.29, 0.717) is 6.42 Å². The molecular weight excluding hydrogens is 332 g/mol. The molecule has 0 aromatic heterocycles. The van der Waals surface area contributed by atoms with Crippen LogP contribution in [-0.4, -0.2) is 28.3 Å². The van der Waals surface area contributed by atoms with Crippen molar-refractivity contribution in [2.45, 2.75) is 39.0 Å². The number of hydrogen-bond acceptors (Lipinski definition) is 3. The lowest BCUT2D eigenvalue weighted by Crippen LogP contribution is -2.45. The number of fused-ring (bicyclic) bond motifs is 1. The Labute approximate surface area is 152 Å². The second kappa shape index (κ2) is 7.17. The highest BCUT2D eigenvalue weighted by Crippen LogP contribution is 2.39. The van der Waals surface area contributed by atoms with E-state index in [2.05, 4.69) is 5.32 Å². The summed E-state index contributed by atoms with van der Waals surface area (Å²) in [4.78, 5) is 25.0. The van der Waals surface area contributed by atoms with Gasteiger partial charge >= 0.3 is 6.09 Å². The van der Waals surface area contributed by atoms with Gasteiger partial charge in [0.15, 0.2) is 0 Å². The van der Waals surface area contributed by atoms with Gasteiger partial charge in [0.25, 0.3) is 0 Å². The molecule has 136 valence electrons. The zero-order valence-electron chi connectivity index (χ0n) is 14.8. The van der Waals surface area contributed by atoms with Crippen LogP contribution in [0.2, 0.25) is 0 Å². The Kier molecular flexibility index (Phi) is 4.95. The number of carbonyl (C=O) groups is 2. The summed E-state index contributed by atoms with van der Waals surface area (Å²) in [5, 5.41) is 20.9. The fraction of sp³-hybridized carbons (Fsp3) is 0.300. The summed E-state index contributed by atoms with van der Waals surface area (Å²) in [7, 11) is 0. The SMILES string of the molecule is CC(=O)N1c2ccc(-c3ccc(CO)cc3)cc2C(NC(=O)O)CC1C. The Balaban J connectivity index is 2.07. The van der Waals surface area contributed by atoms with E-state index in [1.807, 2.05) is 49.4 Å². The van der Waals surface area contributed by atoms with Gasteiger partial charge in [0.05, 0.1) is 12.6 Å². The number of carboxylic acid groups (broad SMARTS) is 1. The van der Waals surface area contributed by atoms with Crippen LogP contribution in [-0.2, 0) is 11.4 Å². The van der Waals surface area contributed by atoms with Crippen LogP contribution >= 0.6 is 0 Å². The number of aliphatic hydroxyl groups is 1. The van der Waals surface area contributed by atoms with Gasteiger partial charge in [0.2, 0.25) is 5.91 Å². The number of hydrogen-bond donors (Lipinski definition) is 3. The van der Waals surface area contributed by atoms with Crippen LogP contribution in [0.15, 0.2) is 42.5 Å². The topological polar surface area (TPSA) is 89.9 Å². The van der Waals surface area contributed by atoms with Crippen LogP contribution in [0.3, 0.4) is 0 Å². The number of anilines is 1. The second-order valence-corrected chi connectivity index (χ2v) is 6.60. The van der Waals surface area contributed by atoms with Gasteiger partial charge in [0, 0.05) is 18.7 Å². The predicted octanol–water partition coefficient (Wildman–Crippen LogP) is 3.30. The first kappa shape index (κ1) is 17.9. The molecule has 2 aromatic rings. The number of nitrogens with zero attached hydrogens (tertiary/aromatic N) is 1. The van der Waals surface area contributed by atoms with Crippen molar-refractivity contribution in [3.8, 4) is 11.1 Å². The van der Waals surface area contributed by atoms with Crippen molar-refractivity contribution < 1.29 is 19.8 Å². The molecule has 0 bridgehead atoms. The minimum atomic E-state index is -1.08. The van der Waals surface area contributed by atoms with Crippen molar-refractivity contribution in [3.63, 3.8) is 0 Å². The first-order valence-corrected chi connectivity index (χ1v) is 8.54. The number of benzene rings is 2. The predicted molar refractivity (Wildman–Crippen MR) is 98.9 cm³/mol. The largest absolute Gasteiger partial charge is 0.465 e. The maximum Gasteiger partial charge on any atom is 0.405 e. The van der Waals surface area contributed by atoms with E-state index in [1.165, 1.54) is 6.92 Å². The van der Waals surface area contributed by atoms with Gasteiger partial charge < -0.3 is 20.4 Å². The lowest BCUT2D eigenvalue weighted by atomic mass is 9.89. The third-order valence-electron chi connectivity index (χ3n) is 4.79. The van der Waals surface area contributed by atoms with Crippen LogP contribution < -0.4 is 10.2 Å². The Hall–Kier alpha value is -2.86. The van der Waals surface area contributed by atoms with Gasteiger partial charge in [-0.25, -0.2) is 4.79 Å². The first-order chi connectivity index (χ1) is 12.4. The van der Waals surface area contributed by atoms with Crippen LogP contribution in [0.4, 0.5) is 10.5 Å². The number of nitrogens with one attached hydrogen (secondary N) is 1. The standard InChI is InChI=1S/C20H22N2O4/c1-12-9-18(21-20(25)26)17-10-16(7-8-19(17)22(12)13(2)24)15-5-3-14(11-23)4-6-15/h3-8,10,12,18,21,23H,9,11H2,1-2H3,(H,25,26). The summed E-state index contributed by atoms with van der Waals surface area (Å²) >= 11 is 0. The normalized spacial score (nSPS) is 19.0. The molecule has 0 aliphatic carbocycles. The molecule has 3 rings (SSSR count). The summed E-state index contributed by atoms with van der Waals surface area (Å²) < 4.78 is 0. The first-order valence-electron chi connectivity index (χ1n) is 8.54. The van der Waals surface area contributed by atoms with Crippen LogP contribution in [0.5, 0.6) is 0 Å². The highest BCUT2D eigenvalue weighted by atomic mass is 16.4. The molecule has 26 heavy (non-hydrogen) atoms. The third kappa shape index (κ3) is 3.41. The lowest BCUT2D eigenvalue weighted by molar-refractivity contribution is -0.117. The van der Waals surface area contributed by atoms with Crippen molar-refractivity contribution in [3.05, 3.63) is 53.6 Å². The highest BCUT2D eigenvalue weighted by molar-refractivity contribution is 5.94. The van der Waals surface area contributed by atoms with Gasteiger partial charge in [-0.3, -0.25) is 4.79 Å². The van der Waals surface area contributed by atoms with Crippen molar-refractivity contribution in [2.24, 2.45) is 0 Å². The molecule has 2 atom stereocenters. The highest BCUT2D eigenvalue weighted by Gasteiger charge is 2.33. The summed E-state index contributed by atoms with van der Waals surface area (Å²) in [6, 6.07) is 12.8. The Morgan fingerprint density at radius 1 is 1.15 bits per heavy atom. The van der Waals surface area contributed by atoms with E-state index in [1.54, 1.807) is 4.90 Å². The van der Waals surface area contributed by atoms with Gasteiger partial charge in [0.1, 0.15) is 0 Å². The Bertz CT molecular complexity index is 832. The van der Waals surface area contributed by atoms with E-state index >= 15 is 0 Å². The Morgan fingerprint density at radius 2 is 1.81 bits per heavy atom. The molecule has 0 fully saturated rings. The van der Waals surface area contributed by atoms with Crippen molar-refractivity contribution >= 4 is 17.7 Å². The van der Waals surface area contributed by atoms with Crippen molar-refractivity contribution in [1.29, 1.82) is 0 Å². The lowest BCUT2D eigenvalue weighted by Gasteiger charge is -2.39. The van der Waals surface area contributed by atoms with Gasteiger partial charge in [-0.05, 0) is 47.7 Å². The van der Waals surface area contributed by atoms with E-state index in [4.69, 9.17) is 0 Å². The van der Waals surface area contributed by atoms with Gasteiger partial charge in [-0.2, -0.15) is 0 Å². The molecule has 0 saturated carbocycles. The molecule has 1 heterocycles. The third-order valence-corrected chi connectivity index (χ3v) is 4.79. The van der Waals surface area contributed by atoms with Gasteiger partial charge in [-0.1, -0.05) is 30.3 Å². The number of aliphatic hydroxyl groups excluding tert-OH is 1. The summed E-state index contributed by atoms with van der Waals surface area (Å²) in [5.74, 6) is -0.0624. The second-order valence-electron chi connectivity index (χ2n) is 6.60. The summed E-state index contributed by atoms with van der Waals surface area (Å²) in [5.41, 5.74) is 4.26. The number of rotatable bonds is 3. The molecule has 2 unspecified atom stereocenters. The molecule has 2 amide bonds. The van der Waals surface area contributed by atoms with Crippen molar-refractivity contribution in [2.75, 3.05) is 4.90 Å². The monoisotopic (exact) mass is 354 g/mol. The maximum atomic E-state index is 12.1. The average molecular weight is 354 g/mol.